The molecule has 0 heterocycles. The monoisotopic (exact) mass is 401 g/mol. The topological polar surface area (TPSA) is 62.8 Å². The van der Waals surface area contributed by atoms with Gasteiger partial charge in [-0.25, -0.2) is 4.79 Å². The Morgan fingerprint density at radius 1 is 1.04 bits per heavy atom. The second-order valence-corrected chi connectivity index (χ2v) is 6.43. The Balaban J connectivity index is 1.86. The fourth-order valence-corrected chi connectivity index (χ4v) is 2.84. The van der Waals surface area contributed by atoms with Crippen molar-refractivity contribution in [3.8, 4) is 5.75 Å². The minimum Gasteiger partial charge on any atom is -0.495 e. The molecule has 2 rings (SSSR count). The molecular weight excluding hydrogens is 374 g/mol. The van der Waals surface area contributed by atoms with E-state index in [1.54, 1.807) is 31.4 Å². The van der Waals surface area contributed by atoms with Gasteiger partial charge < -0.3 is 25.0 Å². The van der Waals surface area contributed by atoms with Crippen LogP contribution in [0.4, 0.5) is 11.4 Å². The summed E-state index contributed by atoms with van der Waals surface area (Å²) in [6.07, 6.45) is 0. The minimum atomic E-state index is -0.326. The van der Waals surface area contributed by atoms with E-state index in [-0.39, 0.29) is 5.97 Å². The van der Waals surface area contributed by atoms with Gasteiger partial charge in [0, 0.05) is 12.2 Å². The Morgan fingerprint density at radius 2 is 1.71 bits per heavy atom. The molecule has 0 radical (unpaired) electrons. The number of benzene rings is 2. The molecular formula is C21H27N3O3S. The van der Waals surface area contributed by atoms with E-state index in [0.29, 0.717) is 23.0 Å². The molecule has 2 aromatic rings. The molecule has 0 bridgehead atoms. The number of rotatable bonds is 9. The van der Waals surface area contributed by atoms with Gasteiger partial charge in [-0.1, -0.05) is 26.0 Å². The fourth-order valence-electron chi connectivity index (χ4n) is 2.61. The quantitative estimate of drug-likeness (QED) is 0.486. The second kappa shape index (κ2) is 11.3. The van der Waals surface area contributed by atoms with Crippen LogP contribution in [0.2, 0.25) is 0 Å². The number of methoxy groups -OCH3 is 1. The average molecular weight is 402 g/mol. The zero-order valence-corrected chi connectivity index (χ0v) is 17.3. The lowest BCUT2D eigenvalue weighted by molar-refractivity contribution is 0.0466. The lowest BCUT2D eigenvalue weighted by atomic mass is 10.2. The van der Waals surface area contributed by atoms with Gasteiger partial charge in [-0.05, 0) is 61.7 Å². The van der Waals surface area contributed by atoms with Crippen molar-refractivity contribution in [1.29, 1.82) is 0 Å². The van der Waals surface area contributed by atoms with Crippen molar-refractivity contribution in [3.63, 3.8) is 0 Å². The summed E-state index contributed by atoms with van der Waals surface area (Å²) >= 11 is 5.34. The molecule has 0 saturated carbocycles. The Hall–Kier alpha value is -2.64. The molecule has 0 aliphatic heterocycles. The highest BCUT2D eigenvalue weighted by Crippen LogP contribution is 2.23. The van der Waals surface area contributed by atoms with Crippen LogP contribution < -0.4 is 15.4 Å². The number of nitrogens with zero attached hydrogens (tertiary/aromatic N) is 1. The fraction of sp³-hybridized carbons (Fsp3) is 0.333. The first-order valence-corrected chi connectivity index (χ1v) is 9.68. The van der Waals surface area contributed by atoms with Crippen LogP contribution >= 0.6 is 12.2 Å². The van der Waals surface area contributed by atoms with E-state index in [2.05, 4.69) is 29.4 Å². The zero-order chi connectivity index (χ0) is 20.4. The van der Waals surface area contributed by atoms with Crippen molar-refractivity contribution in [1.82, 2.24) is 4.90 Å². The van der Waals surface area contributed by atoms with Crippen LogP contribution in [0.3, 0.4) is 0 Å². The van der Waals surface area contributed by atoms with E-state index >= 15 is 0 Å². The first-order valence-electron chi connectivity index (χ1n) is 9.28. The van der Waals surface area contributed by atoms with Gasteiger partial charge in [-0.3, -0.25) is 0 Å². The number of hydrogen-bond acceptors (Lipinski definition) is 5. The molecule has 0 aliphatic carbocycles. The normalized spacial score (nSPS) is 10.4. The number of anilines is 2. The van der Waals surface area contributed by atoms with Crippen molar-refractivity contribution in [3.05, 3.63) is 54.1 Å². The molecule has 0 saturated heterocycles. The Kier molecular flexibility index (Phi) is 8.71. The second-order valence-electron chi connectivity index (χ2n) is 6.02. The van der Waals surface area contributed by atoms with Gasteiger partial charge in [-0.15, -0.1) is 0 Å². The van der Waals surface area contributed by atoms with E-state index in [1.807, 2.05) is 24.3 Å². The van der Waals surface area contributed by atoms with Crippen LogP contribution in [0.1, 0.15) is 24.2 Å². The third-order valence-corrected chi connectivity index (χ3v) is 4.47. The van der Waals surface area contributed by atoms with Crippen LogP contribution in [0.5, 0.6) is 5.75 Å². The minimum absolute atomic E-state index is 0.326. The number of esters is 1. The highest BCUT2D eigenvalue weighted by molar-refractivity contribution is 7.80. The number of likely N-dealkylation sites (N-methyl/N-ethyl adjacent to an activating group) is 1. The number of carbonyl (C=O) groups is 1. The molecule has 2 N–H and O–H groups in total. The smallest absolute Gasteiger partial charge is 0.338 e. The van der Waals surface area contributed by atoms with Gasteiger partial charge >= 0.3 is 5.97 Å². The average Bonchev–Trinajstić information content (AvgIpc) is 2.72. The molecule has 0 spiro atoms. The van der Waals surface area contributed by atoms with E-state index in [1.165, 1.54) is 0 Å². The van der Waals surface area contributed by atoms with Gasteiger partial charge in [-0.2, -0.15) is 0 Å². The Bertz CT molecular complexity index is 777. The molecule has 7 heteroatoms. The Morgan fingerprint density at radius 3 is 2.36 bits per heavy atom. The standard InChI is InChI=1S/C21H27N3O3S/c1-4-24(5-2)14-15-27-20(25)16-10-12-17(13-11-16)22-21(28)23-18-8-6-7-9-19(18)26-3/h6-13H,4-5,14-15H2,1-3H3,(H2,22,23,28). The molecule has 150 valence electrons. The van der Waals surface area contributed by atoms with Crippen molar-refractivity contribution >= 4 is 34.7 Å². The third-order valence-electron chi connectivity index (χ3n) is 4.27. The molecule has 0 fully saturated rings. The maximum absolute atomic E-state index is 12.1. The summed E-state index contributed by atoms with van der Waals surface area (Å²) in [6.45, 7) is 7.18. The molecule has 0 unspecified atom stereocenters. The summed E-state index contributed by atoms with van der Waals surface area (Å²) in [5.74, 6) is 0.378. The van der Waals surface area contributed by atoms with Gasteiger partial charge in [0.05, 0.1) is 18.4 Å². The highest BCUT2D eigenvalue weighted by atomic mass is 32.1. The number of nitrogens with one attached hydrogen (secondary N) is 2. The molecule has 6 nitrogen and oxygen atoms in total. The number of carbonyl (C=O) groups excluding carboxylic acids is 1. The van der Waals surface area contributed by atoms with Crippen LogP contribution in [0, 0.1) is 0 Å². The number of hydrogen-bond donors (Lipinski definition) is 2. The number of ether oxygens (including phenoxy) is 2. The van der Waals surface area contributed by atoms with E-state index in [0.717, 1.165) is 31.0 Å². The van der Waals surface area contributed by atoms with Crippen LogP contribution in [-0.4, -0.2) is 49.3 Å². The zero-order valence-electron chi connectivity index (χ0n) is 16.5. The summed E-state index contributed by atoms with van der Waals surface area (Å²) in [6, 6.07) is 14.5. The first kappa shape index (κ1) is 21.7. The van der Waals surface area contributed by atoms with E-state index < -0.39 is 0 Å². The number of thiocarbonyl (C=S) groups is 1. The molecule has 0 atom stereocenters. The predicted octanol–water partition coefficient (Wildman–Crippen LogP) is 4.00. The SMILES string of the molecule is CCN(CC)CCOC(=O)c1ccc(NC(=S)Nc2ccccc2OC)cc1. The molecule has 0 aromatic heterocycles. The van der Waals surface area contributed by atoms with E-state index in [9.17, 15) is 4.79 Å². The maximum Gasteiger partial charge on any atom is 0.338 e. The van der Waals surface area contributed by atoms with Gasteiger partial charge in [0.15, 0.2) is 5.11 Å². The summed E-state index contributed by atoms with van der Waals surface area (Å²) in [5, 5.41) is 6.61. The summed E-state index contributed by atoms with van der Waals surface area (Å²) in [7, 11) is 1.61. The highest BCUT2D eigenvalue weighted by Gasteiger charge is 2.09. The number of para-hydroxylation sites is 2. The van der Waals surface area contributed by atoms with Crippen molar-refractivity contribution in [2.75, 3.05) is 44.0 Å². The predicted molar refractivity (Wildman–Crippen MR) is 117 cm³/mol. The third kappa shape index (κ3) is 6.51. The Labute approximate surface area is 171 Å². The van der Waals surface area contributed by atoms with Crippen LogP contribution in [0.25, 0.3) is 0 Å². The lowest BCUT2D eigenvalue weighted by Crippen LogP contribution is -2.27. The largest absolute Gasteiger partial charge is 0.495 e. The molecule has 2 aromatic carbocycles. The van der Waals surface area contributed by atoms with Crippen molar-refractivity contribution in [2.45, 2.75) is 13.8 Å². The van der Waals surface area contributed by atoms with Crippen LogP contribution in [-0.2, 0) is 4.74 Å². The summed E-state index contributed by atoms with van der Waals surface area (Å²) in [5.41, 5.74) is 2.05. The lowest BCUT2D eigenvalue weighted by Gasteiger charge is -2.17. The summed E-state index contributed by atoms with van der Waals surface area (Å²) in [4.78, 5) is 14.3. The van der Waals surface area contributed by atoms with Crippen molar-refractivity contribution < 1.29 is 14.3 Å². The van der Waals surface area contributed by atoms with Crippen LogP contribution in [0.15, 0.2) is 48.5 Å². The van der Waals surface area contributed by atoms with Gasteiger partial charge in [0.2, 0.25) is 0 Å². The molecule has 0 amide bonds. The first-order chi connectivity index (χ1) is 13.6. The summed E-state index contributed by atoms with van der Waals surface area (Å²) < 4.78 is 10.6. The maximum atomic E-state index is 12.1. The molecule has 0 aliphatic rings. The van der Waals surface area contributed by atoms with Crippen molar-refractivity contribution in [2.24, 2.45) is 0 Å². The van der Waals surface area contributed by atoms with Gasteiger partial charge in [0.1, 0.15) is 12.4 Å². The van der Waals surface area contributed by atoms with E-state index in [4.69, 9.17) is 21.7 Å². The van der Waals surface area contributed by atoms with Gasteiger partial charge in [0.25, 0.3) is 0 Å². The molecule has 28 heavy (non-hydrogen) atoms.